The third kappa shape index (κ3) is 5.79. The molecule has 4 aromatic rings. The zero-order chi connectivity index (χ0) is 26.6. The van der Waals surface area contributed by atoms with Gasteiger partial charge in [-0.15, -0.1) is 0 Å². The van der Waals surface area contributed by atoms with Gasteiger partial charge < -0.3 is 9.64 Å². The number of benzene rings is 1. The van der Waals surface area contributed by atoms with E-state index < -0.39 is 6.17 Å². The van der Waals surface area contributed by atoms with Crippen LogP contribution in [0.15, 0.2) is 42.9 Å². The number of rotatable bonds is 9. The van der Waals surface area contributed by atoms with E-state index in [4.69, 9.17) is 9.72 Å². The molecule has 0 spiro atoms. The Hall–Kier alpha value is -3.95. The molecular formula is C28H32FN7O2. The third-order valence-corrected chi connectivity index (χ3v) is 6.75. The Morgan fingerprint density at radius 1 is 1.13 bits per heavy atom. The molecule has 0 bridgehead atoms. The number of carbonyl (C=O) groups excluding carboxylic acids is 1. The zero-order valence-corrected chi connectivity index (χ0v) is 22.0. The predicted molar refractivity (Wildman–Crippen MR) is 143 cm³/mol. The Labute approximate surface area is 221 Å². The van der Waals surface area contributed by atoms with Crippen molar-refractivity contribution in [2.75, 3.05) is 24.6 Å². The molecule has 1 atom stereocenters. The number of carbonyl (C=O) groups is 1. The highest BCUT2D eigenvalue weighted by atomic mass is 19.1. The van der Waals surface area contributed by atoms with Crippen molar-refractivity contribution in [3.8, 4) is 17.3 Å². The molecule has 10 heteroatoms. The molecule has 0 amide bonds. The molecule has 0 N–H and O–H groups in total. The molecular weight excluding hydrogens is 485 g/mol. The van der Waals surface area contributed by atoms with Gasteiger partial charge >= 0.3 is 6.01 Å². The highest BCUT2D eigenvalue weighted by molar-refractivity contribution is 5.94. The summed E-state index contributed by atoms with van der Waals surface area (Å²) in [5, 5.41) is 4.24. The first-order chi connectivity index (χ1) is 18.4. The highest BCUT2D eigenvalue weighted by Gasteiger charge is 2.24. The Morgan fingerprint density at radius 3 is 2.66 bits per heavy atom. The van der Waals surface area contributed by atoms with Gasteiger partial charge in [-0.2, -0.15) is 15.1 Å². The fourth-order valence-corrected chi connectivity index (χ4v) is 4.74. The summed E-state index contributed by atoms with van der Waals surface area (Å²) in [6.45, 7) is 4.74. The van der Waals surface area contributed by atoms with Gasteiger partial charge in [0.05, 0.1) is 29.1 Å². The second-order valence-electron chi connectivity index (χ2n) is 9.83. The predicted octanol–water partition coefficient (Wildman–Crippen LogP) is 4.92. The number of alkyl halides is 1. The molecule has 38 heavy (non-hydrogen) atoms. The number of halogens is 1. The number of Topliss-reactive ketones (excluding diaryl/α,β-unsaturated/α-hetero) is 1. The number of aromatic nitrogens is 6. The summed E-state index contributed by atoms with van der Waals surface area (Å²) in [5.74, 6) is 0.947. The van der Waals surface area contributed by atoms with Crippen LogP contribution in [-0.2, 0) is 7.05 Å². The summed E-state index contributed by atoms with van der Waals surface area (Å²) >= 11 is 0. The van der Waals surface area contributed by atoms with E-state index >= 15 is 0 Å². The molecule has 5 rings (SSSR count). The average molecular weight is 518 g/mol. The monoisotopic (exact) mass is 517 g/mol. The molecule has 0 saturated carbocycles. The molecule has 1 aliphatic heterocycles. The van der Waals surface area contributed by atoms with Crippen LogP contribution in [-0.4, -0.2) is 61.4 Å². The van der Waals surface area contributed by atoms with Gasteiger partial charge in [0.2, 0.25) is 0 Å². The summed E-state index contributed by atoms with van der Waals surface area (Å²) in [6, 6.07) is 8.08. The number of aryl methyl sites for hydroxylation is 1. The van der Waals surface area contributed by atoms with E-state index in [0.717, 1.165) is 54.6 Å². The molecule has 0 aliphatic carbocycles. The first kappa shape index (κ1) is 25.7. The first-order valence-electron chi connectivity index (χ1n) is 13.1. The van der Waals surface area contributed by atoms with Crippen molar-refractivity contribution in [1.29, 1.82) is 0 Å². The third-order valence-electron chi connectivity index (χ3n) is 6.75. The normalized spacial score (nSPS) is 15.1. The van der Waals surface area contributed by atoms with Crippen LogP contribution < -0.4 is 9.64 Å². The summed E-state index contributed by atoms with van der Waals surface area (Å²) in [5.41, 5.74) is 5.01. The van der Waals surface area contributed by atoms with Gasteiger partial charge in [0.1, 0.15) is 24.3 Å². The van der Waals surface area contributed by atoms with E-state index in [0.29, 0.717) is 23.9 Å². The highest BCUT2D eigenvalue weighted by Crippen LogP contribution is 2.32. The number of fused-ring (bicyclic) bond motifs is 1. The largest absolute Gasteiger partial charge is 0.460 e. The van der Waals surface area contributed by atoms with Gasteiger partial charge in [0.25, 0.3) is 0 Å². The second-order valence-corrected chi connectivity index (χ2v) is 9.83. The van der Waals surface area contributed by atoms with E-state index in [9.17, 15) is 9.18 Å². The van der Waals surface area contributed by atoms with Crippen LogP contribution in [0.25, 0.3) is 22.3 Å². The Morgan fingerprint density at radius 2 is 1.95 bits per heavy atom. The van der Waals surface area contributed by atoms with E-state index in [-0.39, 0.29) is 18.4 Å². The van der Waals surface area contributed by atoms with Gasteiger partial charge in [0, 0.05) is 44.4 Å². The van der Waals surface area contributed by atoms with Crippen LogP contribution >= 0.6 is 0 Å². The zero-order valence-electron chi connectivity index (χ0n) is 22.0. The van der Waals surface area contributed by atoms with Crippen molar-refractivity contribution in [2.45, 2.75) is 51.6 Å². The number of nitrogens with zero attached hydrogens (tertiary/aromatic N) is 7. The molecule has 4 heterocycles. The van der Waals surface area contributed by atoms with E-state index in [1.54, 1.807) is 23.1 Å². The summed E-state index contributed by atoms with van der Waals surface area (Å²) in [4.78, 5) is 32.9. The maximum absolute atomic E-state index is 13.4. The maximum atomic E-state index is 13.4. The lowest BCUT2D eigenvalue weighted by Crippen LogP contribution is -2.34. The molecule has 1 saturated heterocycles. The van der Waals surface area contributed by atoms with Crippen LogP contribution in [0.3, 0.4) is 0 Å². The summed E-state index contributed by atoms with van der Waals surface area (Å²) in [7, 11) is 1.88. The molecule has 9 nitrogen and oxygen atoms in total. The van der Waals surface area contributed by atoms with Gasteiger partial charge in [-0.1, -0.05) is 13.0 Å². The first-order valence-corrected chi connectivity index (χ1v) is 13.1. The number of hydrogen-bond acceptors (Lipinski definition) is 8. The van der Waals surface area contributed by atoms with Crippen molar-refractivity contribution in [3.05, 3.63) is 54.1 Å². The van der Waals surface area contributed by atoms with E-state index in [2.05, 4.69) is 37.1 Å². The molecule has 0 radical (unpaired) electrons. The lowest BCUT2D eigenvalue weighted by Gasteiger charge is -2.33. The smallest absolute Gasteiger partial charge is 0.319 e. The lowest BCUT2D eigenvalue weighted by molar-refractivity contribution is 0.0975. The fraction of sp³-hybridized carbons (Fsp3) is 0.429. The van der Waals surface area contributed by atoms with Crippen molar-refractivity contribution in [3.63, 3.8) is 0 Å². The fourth-order valence-electron chi connectivity index (χ4n) is 4.74. The molecule has 198 valence electrons. The van der Waals surface area contributed by atoms with Crippen LogP contribution in [0, 0.1) is 0 Å². The summed E-state index contributed by atoms with van der Waals surface area (Å²) < 4.78 is 20.6. The Bertz CT molecular complexity index is 1430. The maximum Gasteiger partial charge on any atom is 0.319 e. The van der Waals surface area contributed by atoms with Gasteiger partial charge in [-0.05, 0) is 49.8 Å². The standard InChI is InChI=1S/C28H32FN7O2/c1-4-5-26(37)24-13-27(34-28(33-24)38-17-18(2)29)36-10-8-19(9-11-36)20-6-7-22-23(12-20)32-25(15-30-22)21-14-31-35(3)16-21/h6-7,12-16,18-19H,4-5,8-11,17H2,1-3H3. The number of piperidine rings is 1. The molecule has 3 aromatic heterocycles. The minimum absolute atomic E-state index is 0.0473. The van der Waals surface area contributed by atoms with Crippen LogP contribution in [0.5, 0.6) is 6.01 Å². The van der Waals surface area contributed by atoms with Gasteiger partial charge in [0.15, 0.2) is 5.78 Å². The summed E-state index contributed by atoms with van der Waals surface area (Å²) in [6.07, 6.45) is 7.30. The van der Waals surface area contributed by atoms with Gasteiger partial charge in [-0.25, -0.2) is 9.37 Å². The SMILES string of the molecule is CCCC(=O)c1cc(N2CCC(c3ccc4ncc(-c5cnn(C)c5)nc4c3)CC2)nc(OCC(C)F)n1. The van der Waals surface area contributed by atoms with Crippen molar-refractivity contribution in [2.24, 2.45) is 7.05 Å². The van der Waals surface area contributed by atoms with Crippen LogP contribution in [0.2, 0.25) is 0 Å². The van der Waals surface area contributed by atoms with Crippen molar-refractivity contribution >= 4 is 22.6 Å². The topological polar surface area (TPSA) is 98.9 Å². The minimum atomic E-state index is -1.15. The van der Waals surface area contributed by atoms with Gasteiger partial charge in [-0.3, -0.25) is 14.5 Å². The van der Waals surface area contributed by atoms with Crippen molar-refractivity contribution in [1.82, 2.24) is 29.7 Å². The van der Waals surface area contributed by atoms with E-state index in [1.165, 1.54) is 12.5 Å². The quantitative estimate of drug-likeness (QED) is 0.289. The Kier molecular flexibility index (Phi) is 7.57. The average Bonchev–Trinajstić information content (AvgIpc) is 3.37. The Balaban J connectivity index is 1.32. The molecule has 1 unspecified atom stereocenters. The number of ketones is 1. The number of ether oxygens (including phenoxy) is 1. The number of hydrogen-bond donors (Lipinski definition) is 0. The second kappa shape index (κ2) is 11.2. The minimum Gasteiger partial charge on any atom is -0.460 e. The van der Waals surface area contributed by atoms with E-state index in [1.807, 2.05) is 26.2 Å². The number of anilines is 1. The molecule has 1 fully saturated rings. The molecule has 1 aliphatic rings. The van der Waals surface area contributed by atoms with Crippen LogP contribution in [0.1, 0.15) is 61.5 Å². The lowest BCUT2D eigenvalue weighted by atomic mass is 9.89. The van der Waals surface area contributed by atoms with Crippen LogP contribution in [0.4, 0.5) is 10.2 Å². The molecule has 1 aromatic carbocycles. The van der Waals surface area contributed by atoms with Crippen molar-refractivity contribution < 1.29 is 13.9 Å².